The second-order valence-corrected chi connectivity index (χ2v) is 4.94. The predicted octanol–water partition coefficient (Wildman–Crippen LogP) is 1.66. The smallest absolute Gasteiger partial charge is 0.191 e. The monoisotopic (exact) mass is 277 g/mol. The summed E-state index contributed by atoms with van der Waals surface area (Å²) < 4.78 is 5.10. The maximum atomic E-state index is 9.55. The van der Waals surface area contributed by atoms with Gasteiger partial charge in [-0.15, -0.1) is 0 Å². The molecule has 0 saturated heterocycles. The molecule has 0 bridgehead atoms. The first-order valence-electron chi connectivity index (χ1n) is 7.13. The lowest BCUT2D eigenvalue weighted by Crippen LogP contribution is -2.38. The summed E-state index contributed by atoms with van der Waals surface area (Å²) in [7, 11) is 1.56. The van der Waals surface area contributed by atoms with Gasteiger partial charge in [-0.25, -0.2) is 0 Å². The molecule has 3 N–H and O–H groups in total. The van der Waals surface area contributed by atoms with E-state index in [9.17, 15) is 5.11 Å². The average molecular weight is 277 g/mol. The molecule has 0 atom stereocenters. The molecule has 0 spiro atoms. The summed E-state index contributed by atoms with van der Waals surface area (Å²) in [5.41, 5.74) is 1.10. The molecular formula is C15H23N3O2. The molecule has 1 aliphatic rings. The lowest BCUT2D eigenvalue weighted by atomic mass is 10.1. The summed E-state index contributed by atoms with van der Waals surface area (Å²) in [4.78, 5) is 4.56. The van der Waals surface area contributed by atoms with Crippen LogP contribution in [-0.4, -0.2) is 37.3 Å². The van der Waals surface area contributed by atoms with Crippen molar-refractivity contribution < 1.29 is 9.84 Å². The summed E-state index contributed by atoms with van der Waals surface area (Å²) in [5, 5.41) is 16.2. The average Bonchev–Trinajstić information content (AvgIpc) is 3.25. The normalized spacial score (nSPS) is 15.0. The number of nitrogens with zero attached hydrogens (tertiary/aromatic N) is 1. The van der Waals surface area contributed by atoms with Gasteiger partial charge in [0.2, 0.25) is 0 Å². The number of methoxy groups -OCH3 is 1. The van der Waals surface area contributed by atoms with Crippen LogP contribution in [0.1, 0.15) is 25.3 Å². The predicted molar refractivity (Wildman–Crippen MR) is 80.5 cm³/mol. The number of benzene rings is 1. The van der Waals surface area contributed by atoms with Gasteiger partial charge in [0.05, 0.1) is 7.11 Å². The second kappa shape index (κ2) is 7.03. The summed E-state index contributed by atoms with van der Waals surface area (Å²) in [6, 6.07) is 6.01. The van der Waals surface area contributed by atoms with Crippen molar-refractivity contribution in [3.63, 3.8) is 0 Å². The molecule has 2 rings (SSSR count). The van der Waals surface area contributed by atoms with E-state index in [1.165, 1.54) is 12.8 Å². The highest BCUT2D eigenvalue weighted by atomic mass is 16.5. The third kappa shape index (κ3) is 4.33. The Morgan fingerprint density at radius 3 is 2.90 bits per heavy atom. The maximum Gasteiger partial charge on any atom is 0.191 e. The molecule has 0 aliphatic heterocycles. The lowest BCUT2D eigenvalue weighted by Gasteiger charge is -2.10. The van der Waals surface area contributed by atoms with Crippen LogP contribution >= 0.6 is 0 Å². The van der Waals surface area contributed by atoms with E-state index >= 15 is 0 Å². The van der Waals surface area contributed by atoms with Crippen LogP contribution in [0, 0.1) is 0 Å². The Morgan fingerprint density at radius 1 is 1.45 bits per heavy atom. The zero-order chi connectivity index (χ0) is 14.4. The number of aromatic hydroxyl groups is 1. The Morgan fingerprint density at radius 2 is 2.25 bits per heavy atom. The van der Waals surface area contributed by atoms with E-state index in [1.807, 2.05) is 12.1 Å². The standard InChI is InChI=1S/C15H23N3O2/c1-3-16-15(18-12-5-6-12)17-9-8-11-4-7-13(19)14(10-11)20-2/h4,7,10,12,19H,3,5-6,8-9H2,1-2H3,(H2,16,17,18). The molecule has 0 amide bonds. The van der Waals surface area contributed by atoms with Crippen LogP contribution in [0.15, 0.2) is 23.2 Å². The van der Waals surface area contributed by atoms with Gasteiger partial charge in [-0.3, -0.25) is 4.99 Å². The molecule has 0 radical (unpaired) electrons. The minimum Gasteiger partial charge on any atom is -0.504 e. The molecule has 20 heavy (non-hydrogen) atoms. The van der Waals surface area contributed by atoms with Gasteiger partial charge in [-0.2, -0.15) is 0 Å². The topological polar surface area (TPSA) is 65.9 Å². The molecule has 0 heterocycles. The van der Waals surface area contributed by atoms with Crippen molar-refractivity contribution in [1.29, 1.82) is 0 Å². The largest absolute Gasteiger partial charge is 0.504 e. The molecule has 5 heteroatoms. The van der Waals surface area contributed by atoms with Crippen LogP contribution in [0.25, 0.3) is 0 Å². The molecule has 1 aromatic rings. The first-order chi connectivity index (χ1) is 9.72. The first-order valence-corrected chi connectivity index (χ1v) is 7.13. The van der Waals surface area contributed by atoms with Gasteiger partial charge in [0.15, 0.2) is 17.5 Å². The number of hydrogen-bond acceptors (Lipinski definition) is 3. The number of aliphatic imine (C=N–C) groups is 1. The number of guanidine groups is 1. The highest BCUT2D eigenvalue weighted by Crippen LogP contribution is 2.26. The number of hydrogen-bond donors (Lipinski definition) is 3. The number of ether oxygens (including phenoxy) is 1. The molecule has 1 saturated carbocycles. The van der Waals surface area contributed by atoms with Gasteiger partial charge < -0.3 is 20.5 Å². The number of rotatable bonds is 6. The SMILES string of the molecule is CCNC(=NCCc1ccc(O)c(OC)c1)NC1CC1. The minimum atomic E-state index is 0.170. The summed E-state index contributed by atoms with van der Waals surface area (Å²) in [6.45, 7) is 3.64. The Bertz CT molecular complexity index is 470. The van der Waals surface area contributed by atoms with Crippen LogP contribution in [0.2, 0.25) is 0 Å². The fraction of sp³-hybridized carbons (Fsp3) is 0.533. The summed E-state index contributed by atoms with van der Waals surface area (Å²) >= 11 is 0. The van der Waals surface area contributed by atoms with Gasteiger partial charge in [-0.05, 0) is 43.9 Å². The summed E-state index contributed by atoms with van der Waals surface area (Å²) in [5.74, 6) is 1.57. The van der Waals surface area contributed by atoms with E-state index in [0.717, 1.165) is 24.5 Å². The van der Waals surface area contributed by atoms with E-state index in [1.54, 1.807) is 13.2 Å². The third-order valence-electron chi connectivity index (χ3n) is 3.18. The molecule has 5 nitrogen and oxygen atoms in total. The van der Waals surface area contributed by atoms with Crippen LogP contribution < -0.4 is 15.4 Å². The Hall–Kier alpha value is -1.91. The second-order valence-electron chi connectivity index (χ2n) is 4.94. The van der Waals surface area contributed by atoms with E-state index in [-0.39, 0.29) is 5.75 Å². The van der Waals surface area contributed by atoms with Crippen molar-refractivity contribution in [3.8, 4) is 11.5 Å². The number of phenols is 1. The van der Waals surface area contributed by atoms with Crippen molar-refractivity contribution in [1.82, 2.24) is 10.6 Å². The van der Waals surface area contributed by atoms with E-state index in [2.05, 4.69) is 22.5 Å². The van der Waals surface area contributed by atoms with Crippen LogP contribution in [-0.2, 0) is 6.42 Å². The molecule has 110 valence electrons. The Balaban J connectivity index is 1.89. The van der Waals surface area contributed by atoms with Crippen LogP contribution in [0.5, 0.6) is 11.5 Å². The number of nitrogens with one attached hydrogen (secondary N) is 2. The third-order valence-corrected chi connectivity index (χ3v) is 3.18. The molecule has 0 unspecified atom stereocenters. The van der Waals surface area contributed by atoms with E-state index in [4.69, 9.17) is 4.74 Å². The minimum absolute atomic E-state index is 0.170. The maximum absolute atomic E-state index is 9.55. The molecular weight excluding hydrogens is 254 g/mol. The van der Waals surface area contributed by atoms with Crippen LogP contribution in [0.3, 0.4) is 0 Å². The molecule has 1 aliphatic carbocycles. The van der Waals surface area contributed by atoms with Gasteiger partial charge >= 0.3 is 0 Å². The van der Waals surface area contributed by atoms with Gasteiger partial charge in [-0.1, -0.05) is 6.07 Å². The number of phenolic OH excluding ortho intramolecular Hbond substituents is 1. The van der Waals surface area contributed by atoms with E-state index in [0.29, 0.717) is 18.3 Å². The highest BCUT2D eigenvalue weighted by molar-refractivity contribution is 5.80. The van der Waals surface area contributed by atoms with Crippen molar-refractivity contribution in [3.05, 3.63) is 23.8 Å². The van der Waals surface area contributed by atoms with Crippen LogP contribution in [0.4, 0.5) is 0 Å². The quantitative estimate of drug-likeness (QED) is 0.546. The summed E-state index contributed by atoms with van der Waals surface area (Å²) in [6.07, 6.45) is 3.29. The first kappa shape index (κ1) is 14.5. The molecule has 1 aromatic carbocycles. The van der Waals surface area contributed by atoms with Gasteiger partial charge in [0.1, 0.15) is 0 Å². The van der Waals surface area contributed by atoms with E-state index < -0.39 is 0 Å². The zero-order valence-electron chi connectivity index (χ0n) is 12.1. The van der Waals surface area contributed by atoms with Crippen molar-refractivity contribution in [2.24, 2.45) is 4.99 Å². The van der Waals surface area contributed by atoms with Gasteiger partial charge in [0.25, 0.3) is 0 Å². The zero-order valence-corrected chi connectivity index (χ0v) is 12.1. The fourth-order valence-corrected chi connectivity index (χ4v) is 1.92. The Labute approximate surface area is 120 Å². The van der Waals surface area contributed by atoms with Crippen molar-refractivity contribution in [2.75, 3.05) is 20.2 Å². The van der Waals surface area contributed by atoms with Crippen molar-refractivity contribution in [2.45, 2.75) is 32.2 Å². The molecule has 0 aromatic heterocycles. The van der Waals surface area contributed by atoms with Gasteiger partial charge in [0, 0.05) is 19.1 Å². The highest BCUT2D eigenvalue weighted by Gasteiger charge is 2.21. The van der Waals surface area contributed by atoms with Crippen molar-refractivity contribution >= 4 is 5.96 Å². The Kier molecular flexibility index (Phi) is 5.09. The lowest BCUT2D eigenvalue weighted by molar-refractivity contribution is 0.373. The molecule has 1 fully saturated rings. The fourth-order valence-electron chi connectivity index (χ4n) is 1.92.